The number of rotatable bonds is 5. The Morgan fingerprint density at radius 1 is 1.56 bits per heavy atom. The van der Waals surface area contributed by atoms with Gasteiger partial charge in [0.25, 0.3) is 0 Å². The van der Waals surface area contributed by atoms with Crippen LogP contribution in [0.3, 0.4) is 0 Å². The lowest BCUT2D eigenvalue weighted by atomic mass is 10.0. The molecule has 4 nitrogen and oxygen atoms in total. The molecule has 0 amide bonds. The van der Waals surface area contributed by atoms with Crippen molar-refractivity contribution in [3.8, 4) is 6.07 Å². The maximum Gasteiger partial charge on any atom is 0.108 e. The van der Waals surface area contributed by atoms with E-state index in [1.165, 1.54) is 12.8 Å². The zero-order valence-corrected chi connectivity index (χ0v) is 10.7. The molecule has 0 saturated carbocycles. The molecular weight excluding hydrogens is 200 g/mol. The first-order valence-corrected chi connectivity index (χ1v) is 6.19. The summed E-state index contributed by atoms with van der Waals surface area (Å²) in [6, 6.07) is 2.95. The smallest absolute Gasteiger partial charge is 0.108 e. The molecule has 4 heteroatoms. The molecule has 1 aliphatic heterocycles. The van der Waals surface area contributed by atoms with Gasteiger partial charge >= 0.3 is 0 Å². The van der Waals surface area contributed by atoms with Crippen molar-refractivity contribution >= 4 is 0 Å². The lowest BCUT2D eigenvalue weighted by Gasteiger charge is -2.36. The van der Waals surface area contributed by atoms with Gasteiger partial charge in [0.2, 0.25) is 0 Å². The predicted molar refractivity (Wildman–Crippen MR) is 66.2 cm³/mol. The number of nitrogens with zero attached hydrogens (tertiary/aromatic N) is 3. The van der Waals surface area contributed by atoms with Crippen LogP contribution in [0, 0.1) is 11.3 Å². The Balaban J connectivity index is 2.39. The third kappa shape index (κ3) is 4.09. The van der Waals surface area contributed by atoms with Crippen LogP contribution in [-0.4, -0.2) is 62.2 Å². The van der Waals surface area contributed by atoms with Gasteiger partial charge in [-0.15, -0.1) is 0 Å². The molecule has 16 heavy (non-hydrogen) atoms. The second kappa shape index (κ2) is 6.85. The Kier molecular flexibility index (Phi) is 5.75. The Hall–Kier alpha value is -0.630. The molecule has 92 valence electrons. The van der Waals surface area contributed by atoms with Crippen LogP contribution < -0.4 is 5.32 Å². The molecule has 1 N–H and O–H groups in total. The predicted octanol–water partition coefficient (Wildman–Crippen LogP) is 0.514. The van der Waals surface area contributed by atoms with Gasteiger partial charge in [-0.05, 0) is 40.0 Å². The first-order chi connectivity index (χ1) is 7.67. The van der Waals surface area contributed by atoms with Gasteiger partial charge in [-0.1, -0.05) is 6.92 Å². The quantitative estimate of drug-likeness (QED) is 0.739. The molecule has 0 aliphatic carbocycles. The van der Waals surface area contributed by atoms with Crippen LogP contribution in [0.1, 0.15) is 19.8 Å². The van der Waals surface area contributed by atoms with Crippen LogP contribution in [0.2, 0.25) is 0 Å². The summed E-state index contributed by atoms with van der Waals surface area (Å²) in [5.74, 6) is 0. The molecule has 0 aromatic heterocycles. The first-order valence-electron chi connectivity index (χ1n) is 6.19. The van der Waals surface area contributed by atoms with Gasteiger partial charge in [0.05, 0.1) is 6.07 Å². The summed E-state index contributed by atoms with van der Waals surface area (Å²) in [4.78, 5) is 4.70. The van der Waals surface area contributed by atoms with E-state index in [2.05, 4.69) is 35.3 Å². The highest BCUT2D eigenvalue weighted by atomic mass is 15.2. The van der Waals surface area contributed by atoms with E-state index in [1.807, 2.05) is 6.92 Å². The van der Waals surface area contributed by atoms with Crippen LogP contribution in [0.4, 0.5) is 0 Å². The van der Waals surface area contributed by atoms with Crippen LogP contribution in [0.15, 0.2) is 0 Å². The van der Waals surface area contributed by atoms with Crippen LogP contribution >= 0.6 is 0 Å². The fourth-order valence-corrected chi connectivity index (χ4v) is 2.27. The highest BCUT2D eigenvalue weighted by Gasteiger charge is 2.22. The summed E-state index contributed by atoms with van der Waals surface area (Å²) < 4.78 is 0. The Labute approximate surface area is 99.2 Å². The van der Waals surface area contributed by atoms with E-state index in [9.17, 15) is 0 Å². The molecule has 0 spiro atoms. The third-order valence-corrected chi connectivity index (χ3v) is 3.26. The lowest BCUT2D eigenvalue weighted by Crippen LogP contribution is -2.49. The second-order valence-electron chi connectivity index (χ2n) is 4.76. The zero-order chi connectivity index (χ0) is 12.0. The minimum absolute atomic E-state index is 0.0223. The topological polar surface area (TPSA) is 42.3 Å². The molecule has 1 heterocycles. The number of piperidine rings is 1. The molecule has 1 saturated heterocycles. The van der Waals surface area contributed by atoms with Gasteiger partial charge in [-0.2, -0.15) is 5.26 Å². The second-order valence-corrected chi connectivity index (χ2v) is 4.76. The number of nitrogens with one attached hydrogen (secondary N) is 1. The van der Waals surface area contributed by atoms with E-state index >= 15 is 0 Å². The largest absolute Gasteiger partial charge is 0.305 e. The van der Waals surface area contributed by atoms with Gasteiger partial charge in [0, 0.05) is 19.1 Å². The highest BCUT2D eigenvalue weighted by molar-refractivity contribution is 4.93. The van der Waals surface area contributed by atoms with Crippen LogP contribution in [-0.2, 0) is 0 Å². The molecule has 0 aromatic carbocycles. The zero-order valence-electron chi connectivity index (χ0n) is 10.7. The molecule has 0 aromatic rings. The third-order valence-electron chi connectivity index (χ3n) is 3.26. The average molecular weight is 224 g/mol. The monoisotopic (exact) mass is 224 g/mol. The number of likely N-dealkylation sites (tertiary alicyclic amines) is 1. The van der Waals surface area contributed by atoms with Crippen molar-refractivity contribution in [2.45, 2.75) is 31.8 Å². The summed E-state index contributed by atoms with van der Waals surface area (Å²) in [5, 5.41) is 12.2. The molecular formula is C12H24N4. The SMILES string of the molecule is CCNC(C#N)CN1CCCC(N(C)C)C1. The van der Waals surface area contributed by atoms with Gasteiger partial charge in [-0.3, -0.25) is 4.90 Å². The van der Waals surface area contributed by atoms with Gasteiger partial charge in [0.15, 0.2) is 0 Å². The fourth-order valence-electron chi connectivity index (χ4n) is 2.27. The number of hydrogen-bond donors (Lipinski definition) is 1. The van der Waals surface area contributed by atoms with Gasteiger partial charge in [-0.25, -0.2) is 0 Å². The lowest BCUT2D eigenvalue weighted by molar-refractivity contribution is 0.129. The van der Waals surface area contributed by atoms with Crippen molar-refractivity contribution in [2.75, 3.05) is 40.3 Å². The first kappa shape index (κ1) is 13.4. The van der Waals surface area contributed by atoms with Crippen molar-refractivity contribution in [3.05, 3.63) is 0 Å². The Morgan fingerprint density at radius 3 is 2.88 bits per heavy atom. The molecule has 2 unspecified atom stereocenters. The molecule has 2 atom stereocenters. The normalized spacial score (nSPS) is 24.3. The maximum atomic E-state index is 9.01. The molecule has 1 rings (SSSR count). The van der Waals surface area contributed by atoms with E-state index in [0.717, 1.165) is 26.2 Å². The van der Waals surface area contributed by atoms with E-state index in [4.69, 9.17) is 5.26 Å². The number of likely N-dealkylation sites (N-methyl/N-ethyl adjacent to an activating group) is 2. The van der Waals surface area contributed by atoms with Crippen molar-refractivity contribution in [1.29, 1.82) is 5.26 Å². The molecule has 0 radical (unpaired) electrons. The summed E-state index contributed by atoms with van der Waals surface area (Å²) in [7, 11) is 4.28. The van der Waals surface area contributed by atoms with Crippen LogP contribution in [0.25, 0.3) is 0 Å². The van der Waals surface area contributed by atoms with Crippen LogP contribution in [0.5, 0.6) is 0 Å². The van der Waals surface area contributed by atoms with Crippen molar-refractivity contribution in [3.63, 3.8) is 0 Å². The number of nitriles is 1. The minimum Gasteiger partial charge on any atom is -0.305 e. The van der Waals surface area contributed by atoms with Crippen molar-refractivity contribution < 1.29 is 0 Å². The molecule has 1 fully saturated rings. The van der Waals surface area contributed by atoms with Crippen molar-refractivity contribution in [1.82, 2.24) is 15.1 Å². The van der Waals surface area contributed by atoms with Crippen molar-refractivity contribution in [2.24, 2.45) is 0 Å². The summed E-state index contributed by atoms with van der Waals surface area (Å²) >= 11 is 0. The summed E-state index contributed by atoms with van der Waals surface area (Å²) in [6.45, 7) is 5.99. The standard InChI is InChI=1S/C12H24N4/c1-4-14-11(8-13)9-16-7-5-6-12(10-16)15(2)3/h11-12,14H,4-7,9-10H2,1-3H3. The number of hydrogen-bond acceptors (Lipinski definition) is 4. The van der Waals surface area contributed by atoms with E-state index in [0.29, 0.717) is 6.04 Å². The van der Waals surface area contributed by atoms with Gasteiger partial charge < -0.3 is 10.2 Å². The van der Waals surface area contributed by atoms with Gasteiger partial charge in [0.1, 0.15) is 6.04 Å². The maximum absolute atomic E-state index is 9.01. The Morgan fingerprint density at radius 2 is 2.31 bits per heavy atom. The van der Waals surface area contributed by atoms with E-state index < -0.39 is 0 Å². The average Bonchev–Trinajstić information content (AvgIpc) is 2.29. The molecule has 0 bridgehead atoms. The molecule has 1 aliphatic rings. The fraction of sp³-hybridized carbons (Fsp3) is 0.917. The van der Waals surface area contributed by atoms with E-state index in [-0.39, 0.29) is 6.04 Å². The highest BCUT2D eigenvalue weighted by Crippen LogP contribution is 2.13. The summed E-state index contributed by atoms with van der Waals surface area (Å²) in [6.07, 6.45) is 2.52. The Bertz CT molecular complexity index is 234. The van der Waals surface area contributed by atoms with E-state index in [1.54, 1.807) is 0 Å². The summed E-state index contributed by atoms with van der Waals surface area (Å²) in [5.41, 5.74) is 0. The minimum atomic E-state index is -0.0223.